The fourth-order valence-corrected chi connectivity index (χ4v) is 3.74. The fourth-order valence-electron chi connectivity index (χ4n) is 3.74. The quantitative estimate of drug-likeness (QED) is 0.864. The van der Waals surface area contributed by atoms with Crippen molar-refractivity contribution in [1.82, 2.24) is 4.90 Å². The van der Waals surface area contributed by atoms with Crippen LogP contribution in [0.2, 0.25) is 0 Å². The number of benzene rings is 1. The summed E-state index contributed by atoms with van der Waals surface area (Å²) in [4.78, 5) is 25.8. The van der Waals surface area contributed by atoms with Gasteiger partial charge in [0.25, 0.3) is 5.91 Å². The number of halogens is 3. The highest BCUT2D eigenvalue weighted by Gasteiger charge is 2.53. The lowest BCUT2D eigenvalue weighted by Gasteiger charge is -2.42. The predicted octanol–water partition coefficient (Wildman–Crippen LogP) is 3.54. The lowest BCUT2D eigenvalue weighted by atomic mass is 9.83. The van der Waals surface area contributed by atoms with Crippen LogP contribution in [0.1, 0.15) is 48.5 Å². The van der Waals surface area contributed by atoms with Gasteiger partial charge in [-0.15, -0.1) is 0 Å². The van der Waals surface area contributed by atoms with Crippen LogP contribution in [0.25, 0.3) is 0 Å². The van der Waals surface area contributed by atoms with E-state index in [2.05, 4.69) is 6.92 Å². The topological polar surface area (TPSA) is 66.8 Å². The average Bonchev–Trinajstić information content (AvgIpc) is 2.96. The van der Waals surface area contributed by atoms with Gasteiger partial charge in [0.05, 0.1) is 12.2 Å². The van der Waals surface area contributed by atoms with Gasteiger partial charge in [-0.25, -0.2) is 4.79 Å². The molecular formula is C18H20F3NO4. The SMILES string of the molecule is CC1CCC2(CC1)OC[C@@H](C(=O)O)N2C(=O)c1cccc(C(F)(F)F)c1. The number of carboxylic acids is 1. The number of amides is 1. The van der Waals surface area contributed by atoms with Crippen molar-refractivity contribution in [2.24, 2.45) is 5.92 Å². The molecule has 5 nitrogen and oxygen atoms in total. The third kappa shape index (κ3) is 3.30. The molecule has 26 heavy (non-hydrogen) atoms. The Hall–Kier alpha value is -2.09. The third-order valence-electron chi connectivity index (χ3n) is 5.26. The maximum absolute atomic E-state index is 13.0. The first kappa shape index (κ1) is 18.7. The van der Waals surface area contributed by atoms with Gasteiger partial charge in [-0.2, -0.15) is 13.2 Å². The van der Waals surface area contributed by atoms with Crippen molar-refractivity contribution in [2.45, 2.75) is 50.6 Å². The molecule has 1 aliphatic carbocycles. The zero-order chi connectivity index (χ0) is 19.1. The van der Waals surface area contributed by atoms with E-state index in [1.807, 2.05) is 0 Å². The van der Waals surface area contributed by atoms with Crippen LogP contribution in [0.5, 0.6) is 0 Å². The largest absolute Gasteiger partial charge is 0.480 e. The Morgan fingerprint density at radius 1 is 1.27 bits per heavy atom. The van der Waals surface area contributed by atoms with Crippen LogP contribution < -0.4 is 0 Å². The molecule has 0 aromatic heterocycles. The van der Waals surface area contributed by atoms with Crippen molar-refractivity contribution in [3.8, 4) is 0 Å². The van der Waals surface area contributed by atoms with Crippen LogP contribution in [-0.2, 0) is 15.7 Å². The maximum Gasteiger partial charge on any atom is 0.416 e. The van der Waals surface area contributed by atoms with Crippen molar-refractivity contribution >= 4 is 11.9 Å². The monoisotopic (exact) mass is 371 g/mol. The number of rotatable bonds is 2. The number of hydrogen-bond acceptors (Lipinski definition) is 3. The van der Waals surface area contributed by atoms with Crippen LogP contribution in [0, 0.1) is 5.92 Å². The molecule has 1 spiro atoms. The summed E-state index contributed by atoms with van der Waals surface area (Å²) >= 11 is 0. The Bertz CT molecular complexity index is 711. The minimum Gasteiger partial charge on any atom is -0.480 e. The molecule has 142 valence electrons. The van der Waals surface area contributed by atoms with E-state index < -0.39 is 35.4 Å². The minimum absolute atomic E-state index is 0.158. The van der Waals surface area contributed by atoms with E-state index in [4.69, 9.17) is 4.74 Å². The number of hydrogen-bond donors (Lipinski definition) is 1. The molecule has 1 aromatic carbocycles. The second-order valence-electron chi connectivity index (χ2n) is 7.05. The standard InChI is InChI=1S/C18H20F3NO4/c1-11-5-7-17(8-6-11)22(14(10-26-17)16(24)25)15(23)12-3-2-4-13(9-12)18(19,20)21/h2-4,9,11,14H,5-8,10H2,1H3,(H,24,25)/t11?,14-,17?/m0/s1. The zero-order valence-electron chi connectivity index (χ0n) is 14.3. The first-order chi connectivity index (χ1) is 12.1. The molecule has 0 unspecified atom stereocenters. The van der Waals surface area contributed by atoms with E-state index in [-0.39, 0.29) is 12.2 Å². The second kappa shape index (κ2) is 6.57. The number of alkyl halides is 3. The molecule has 0 radical (unpaired) electrons. The van der Waals surface area contributed by atoms with Crippen LogP contribution in [-0.4, -0.2) is 40.3 Å². The van der Waals surface area contributed by atoms with Gasteiger partial charge >= 0.3 is 12.1 Å². The number of carboxylic acid groups (broad SMARTS) is 1. The van der Waals surface area contributed by atoms with Crippen molar-refractivity contribution in [1.29, 1.82) is 0 Å². The Labute approximate surface area is 148 Å². The van der Waals surface area contributed by atoms with Gasteiger partial charge in [0.15, 0.2) is 6.04 Å². The number of ether oxygens (including phenoxy) is 1. The van der Waals surface area contributed by atoms with E-state index >= 15 is 0 Å². The molecule has 3 rings (SSSR count). The summed E-state index contributed by atoms with van der Waals surface area (Å²) in [5.41, 5.74) is -2.18. The van der Waals surface area contributed by atoms with Crippen LogP contribution in [0.15, 0.2) is 24.3 Å². The summed E-state index contributed by atoms with van der Waals surface area (Å²) in [6, 6.07) is 2.86. The number of carbonyl (C=O) groups is 2. The molecule has 1 saturated carbocycles. The highest BCUT2D eigenvalue weighted by molar-refractivity contribution is 5.97. The minimum atomic E-state index is -4.58. The molecule has 2 fully saturated rings. The molecule has 8 heteroatoms. The summed E-state index contributed by atoms with van der Waals surface area (Å²) in [6.45, 7) is 1.91. The van der Waals surface area contributed by atoms with Crippen molar-refractivity contribution in [2.75, 3.05) is 6.61 Å². The molecule has 0 bridgehead atoms. The Morgan fingerprint density at radius 2 is 1.92 bits per heavy atom. The summed E-state index contributed by atoms with van der Waals surface area (Å²) in [6.07, 6.45) is -2.11. The van der Waals surface area contributed by atoms with E-state index in [0.717, 1.165) is 35.9 Å². The summed E-state index contributed by atoms with van der Waals surface area (Å²) in [7, 11) is 0. The number of carbonyl (C=O) groups excluding carboxylic acids is 1. The number of aliphatic carboxylic acids is 1. The van der Waals surface area contributed by atoms with Gasteiger partial charge in [-0.3, -0.25) is 9.69 Å². The molecule has 2 aliphatic rings. The van der Waals surface area contributed by atoms with Crippen LogP contribution >= 0.6 is 0 Å². The lowest BCUT2D eigenvalue weighted by molar-refractivity contribution is -0.143. The van der Waals surface area contributed by atoms with Gasteiger partial charge in [0.2, 0.25) is 0 Å². The predicted molar refractivity (Wildman–Crippen MR) is 85.4 cm³/mol. The van der Waals surface area contributed by atoms with Gasteiger partial charge in [-0.05, 0) is 49.8 Å². The van der Waals surface area contributed by atoms with Crippen molar-refractivity contribution in [3.05, 3.63) is 35.4 Å². The van der Waals surface area contributed by atoms with Crippen LogP contribution in [0.3, 0.4) is 0 Å². The fraction of sp³-hybridized carbons (Fsp3) is 0.556. The molecule has 1 saturated heterocycles. The normalized spacial score (nSPS) is 29.2. The molecule has 1 amide bonds. The van der Waals surface area contributed by atoms with Crippen molar-refractivity contribution < 1.29 is 32.6 Å². The Balaban J connectivity index is 1.97. The summed E-state index contributed by atoms with van der Waals surface area (Å²) in [5, 5.41) is 9.48. The first-order valence-corrected chi connectivity index (χ1v) is 8.52. The van der Waals surface area contributed by atoms with E-state index in [0.29, 0.717) is 18.8 Å². The molecule has 1 atom stereocenters. The highest BCUT2D eigenvalue weighted by atomic mass is 19.4. The second-order valence-corrected chi connectivity index (χ2v) is 7.05. The average molecular weight is 371 g/mol. The van der Waals surface area contributed by atoms with Crippen LogP contribution in [0.4, 0.5) is 13.2 Å². The van der Waals surface area contributed by atoms with E-state index in [9.17, 15) is 27.9 Å². The van der Waals surface area contributed by atoms with Gasteiger partial charge in [0, 0.05) is 5.56 Å². The smallest absolute Gasteiger partial charge is 0.416 e. The van der Waals surface area contributed by atoms with Gasteiger partial charge < -0.3 is 9.84 Å². The van der Waals surface area contributed by atoms with Gasteiger partial charge in [0.1, 0.15) is 5.72 Å². The molecule has 1 aliphatic heterocycles. The molecule has 1 heterocycles. The molecule has 1 N–H and O–H groups in total. The summed E-state index contributed by atoms with van der Waals surface area (Å²) < 4.78 is 44.6. The Kier molecular flexibility index (Phi) is 4.72. The van der Waals surface area contributed by atoms with Gasteiger partial charge in [-0.1, -0.05) is 13.0 Å². The molecular weight excluding hydrogens is 351 g/mol. The highest BCUT2D eigenvalue weighted by Crippen LogP contribution is 2.43. The first-order valence-electron chi connectivity index (χ1n) is 8.52. The van der Waals surface area contributed by atoms with Crippen molar-refractivity contribution in [3.63, 3.8) is 0 Å². The van der Waals surface area contributed by atoms with E-state index in [1.54, 1.807) is 0 Å². The lowest BCUT2D eigenvalue weighted by Crippen LogP contribution is -2.55. The zero-order valence-corrected chi connectivity index (χ0v) is 14.3. The third-order valence-corrected chi connectivity index (χ3v) is 5.26. The summed E-state index contributed by atoms with van der Waals surface area (Å²) in [5.74, 6) is -1.53. The van der Waals surface area contributed by atoms with E-state index in [1.165, 1.54) is 6.07 Å². The number of nitrogens with zero attached hydrogens (tertiary/aromatic N) is 1. The Morgan fingerprint density at radius 3 is 2.50 bits per heavy atom. The molecule has 1 aromatic rings. The maximum atomic E-state index is 13.0.